The lowest BCUT2D eigenvalue weighted by molar-refractivity contribution is 0.0699. The van der Waals surface area contributed by atoms with Gasteiger partial charge in [-0.3, -0.25) is 0 Å². The summed E-state index contributed by atoms with van der Waals surface area (Å²) in [5.41, 5.74) is 7.91. The summed E-state index contributed by atoms with van der Waals surface area (Å²) in [6.07, 6.45) is 1.28. The van der Waals surface area contributed by atoms with Crippen LogP contribution in [-0.4, -0.2) is 23.2 Å². The van der Waals surface area contributed by atoms with E-state index >= 15 is 0 Å². The molecular weight excluding hydrogens is 416 g/mol. The van der Waals surface area contributed by atoms with Gasteiger partial charge >= 0.3 is 5.97 Å². The van der Waals surface area contributed by atoms with E-state index in [4.69, 9.17) is 19.9 Å². The van der Waals surface area contributed by atoms with Gasteiger partial charge in [0.15, 0.2) is 0 Å². The largest absolute Gasteiger partial charge is 0.497 e. The topological polar surface area (TPSA) is 104 Å². The number of carbonyl (C=O) groups is 1. The number of methoxy groups -OCH3 is 1. The lowest BCUT2D eigenvalue weighted by Gasteiger charge is -2.10. The number of carboxylic acid groups (broad SMARTS) is 1. The van der Waals surface area contributed by atoms with E-state index in [1.807, 2.05) is 47.8 Å². The van der Waals surface area contributed by atoms with Crippen LogP contribution >= 0.6 is 11.3 Å². The molecule has 0 radical (unpaired) electrons. The van der Waals surface area contributed by atoms with E-state index in [1.165, 1.54) is 17.5 Å². The summed E-state index contributed by atoms with van der Waals surface area (Å²) in [6.45, 7) is 0.629. The van der Waals surface area contributed by atoms with Gasteiger partial charge in [-0.15, -0.1) is 11.3 Å². The molecule has 0 spiro atoms. The SMILES string of the molecule is COc1cccc(COc2cccc(OCc3csc4c(C(=O)O)cnc(N)c34)c2)c1. The molecule has 0 fully saturated rings. The Kier molecular flexibility index (Phi) is 5.90. The fourth-order valence-corrected chi connectivity index (χ4v) is 4.20. The molecule has 31 heavy (non-hydrogen) atoms. The van der Waals surface area contributed by atoms with Crippen LogP contribution in [-0.2, 0) is 13.2 Å². The molecular formula is C23H20N2O5S. The van der Waals surface area contributed by atoms with Crippen molar-refractivity contribution in [2.45, 2.75) is 13.2 Å². The zero-order chi connectivity index (χ0) is 21.8. The maximum Gasteiger partial charge on any atom is 0.338 e. The van der Waals surface area contributed by atoms with Crippen LogP contribution in [0.25, 0.3) is 10.1 Å². The van der Waals surface area contributed by atoms with Crippen molar-refractivity contribution in [2.75, 3.05) is 12.8 Å². The maximum absolute atomic E-state index is 11.4. The minimum atomic E-state index is -1.03. The molecule has 2 heterocycles. The second-order valence-corrected chi connectivity index (χ2v) is 7.61. The number of rotatable bonds is 8. The highest BCUT2D eigenvalue weighted by Crippen LogP contribution is 2.33. The molecule has 0 amide bonds. The third kappa shape index (κ3) is 4.54. The van der Waals surface area contributed by atoms with Gasteiger partial charge in [-0.1, -0.05) is 18.2 Å². The Morgan fingerprint density at radius 2 is 1.77 bits per heavy atom. The summed E-state index contributed by atoms with van der Waals surface area (Å²) in [5, 5.41) is 11.8. The zero-order valence-corrected chi connectivity index (χ0v) is 17.5. The highest BCUT2D eigenvalue weighted by Gasteiger charge is 2.17. The second kappa shape index (κ2) is 8.93. The summed E-state index contributed by atoms with van der Waals surface area (Å²) in [5.74, 6) is 1.33. The molecule has 3 N–H and O–H groups in total. The lowest BCUT2D eigenvalue weighted by atomic mass is 10.1. The third-order valence-electron chi connectivity index (χ3n) is 4.67. The number of nitrogens with two attached hydrogens (primary N) is 1. The first kappa shape index (κ1) is 20.5. The van der Waals surface area contributed by atoms with E-state index in [2.05, 4.69) is 4.98 Å². The number of hydrogen-bond acceptors (Lipinski definition) is 7. The summed E-state index contributed by atoms with van der Waals surface area (Å²) >= 11 is 1.31. The van der Waals surface area contributed by atoms with Gasteiger partial charge < -0.3 is 25.1 Å². The fraction of sp³-hybridized carbons (Fsp3) is 0.130. The van der Waals surface area contributed by atoms with Gasteiger partial charge in [-0.2, -0.15) is 0 Å². The van der Waals surface area contributed by atoms with Gasteiger partial charge in [0.25, 0.3) is 0 Å². The molecule has 4 aromatic rings. The number of nitrogens with zero attached hydrogens (tertiary/aromatic N) is 1. The van der Waals surface area contributed by atoms with Crippen LogP contribution < -0.4 is 19.9 Å². The molecule has 4 rings (SSSR count). The van der Waals surface area contributed by atoms with Crippen molar-refractivity contribution >= 4 is 33.2 Å². The molecule has 0 unspecified atom stereocenters. The van der Waals surface area contributed by atoms with Crippen molar-refractivity contribution in [1.82, 2.24) is 4.98 Å². The minimum Gasteiger partial charge on any atom is -0.497 e. The quantitative estimate of drug-likeness (QED) is 0.411. The minimum absolute atomic E-state index is 0.133. The lowest BCUT2D eigenvalue weighted by Crippen LogP contribution is -2.02. The molecule has 158 valence electrons. The molecule has 2 aromatic heterocycles. The van der Waals surface area contributed by atoms with Gasteiger partial charge in [0.1, 0.15) is 36.3 Å². The van der Waals surface area contributed by atoms with Gasteiger partial charge in [-0.25, -0.2) is 9.78 Å². The summed E-state index contributed by atoms with van der Waals surface area (Å²) in [7, 11) is 1.63. The van der Waals surface area contributed by atoms with Crippen molar-refractivity contribution in [3.63, 3.8) is 0 Å². The number of carboxylic acids is 1. The molecule has 0 saturated heterocycles. The molecule has 0 aliphatic rings. The second-order valence-electron chi connectivity index (χ2n) is 6.73. The number of anilines is 1. The number of fused-ring (bicyclic) bond motifs is 1. The van der Waals surface area contributed by atoms with E-state index in [0.717, 1.165) is 16.9 Å². The Morgan fingerprint density at radius 3 is 2.52 bits per heavy atom. The van der Waals surface area contributed by atoms with Crippen molar-refractivity contribution in [2.24, 2.45) is 0 Å². The number of pyridine rings is 1. The molecule has 0 atom stereocenters. The summed E-state index contributed by atoms with van der Waals surface area (Å²) in [6, 6.07) is 15.0. The predicted molar refractivity (Wildman–Crippen MR) is 119 cm³/mol. The van der Waals surface area contributed by atoms with Gasteiger partial charge in [0.05, 0.1) is 17.4 Å². The first-order chi connectivity index (χ1) is 15.0. The average molecular weight is 436 g/mol. The molecule has 0 aliphatic carbocycles. The Bertz CT molecular complexity index is 1240. The standard InChI is InChI=1S/C23H20N2O5S/c1-28-16-5-2-4-14(8-16)11-29-17-6-3-7-18(9-17)30-12-15-13-31-21-19(23(26)27)10-25-22(24)20(15)21/h2-10,13H,11-12H2,1H3,(H2,24,25)(H,26,27). The highest BCUT2D eigenvalue weighted by atomic mass is 32.1. The van der Waals surface area contributed by atoms with Crippen LogP contribution in [0.15, 0.2) is 60.1 Å². The Hall–Kier alpha value is -3.78. The Labute approximate surface area is 182 Å². The van der Waals surface area contributed by atoms with E-state index in [0.29, 0.717) is 28.2 Å². The number of benzene rings is 2. The number of thiophene rings is 1. The normalized spacial score (nSPS) is 10.7. The first-order valence-corrected chi connectivity index (χ1v) is 10.3. The van der Waals surface area contributed by atoms with Gasteiger partial charge in [-0.05, 0) is 35.2 Å². The third-order valence-corrected chi connectivity index (χ3v) is 5.73. The maximum atomic E-state index is 11.4. The summed E-state index contributed by atoms with van der Waals surface area (Å²) < 4.78 is 17.6. The number of hydrogen-bond donors (Lipinski definition) is 2. The van der Waals surface area contributed by atoms with E-state index in [9.17, 15) is 9.90 Å². The zero-order valence-electron chi connectivity index (χ0n) is 16.7. The van der Waals surface area contributed by atoms with Crippen molar-refractivity contribution < 1.29 is 24.1 Å². The monoisotopic (exact) mass is 436 g/mol. The van der Waals surface area contributed by atoms with Crippen LogP contribution in [0.1, 0.15) is 21.5 Å². The molecule has 0 saturated carbocycles. The number of aromatic nitrogens is 1. The number of nitrogen functional groups attached to an aromatic ring is 1. The molecule has 7 nitrogen and oxygen atoms in total. The number of ether oxygens (including phenoxy) is 3. The van der Waals surface area contributed by atoms with E-state index in [1.54, 1.807) is 13.2 Å². The van der Waals surface area contributed by atoms with Gasteiger partial charge in [0, 0.05) is 23.2 Å². The van der Waals surface area contributed by atoms with Crippen LogP contribution in [0.2, 0.25) is 0 Å². The predicted octanol–water partition coefficient (Wildman–Crippen LogP) is 4.74. The van der Waals surface area contributed by atoms with Crippen molar-refractivity contribution in [1.29, 1.82) is 0 Å². The first-order valence-electron chi connectivity index (χ1n) is 9.41. The number of aromatic carboxylic acids is 1. The Balaban J connectivity index is 1.46. The van der Waals surface area contributed by atoms with Crippen molar-refractivity contribution in [3.8, 4) is 17.2 Å². The van der Waals surface area contributed by atoms with Gasteiger partial charge in [0.2, 0.25) is 0 Å². The molecule has 8 heteroatoms. The van der Waals surface area contributed by atoms with Crippen LogP contribution in [0.5, 0.6) is 17.2 Å². The van der Waals surface area contributed by atoms with E-state index in [-0.39, 0.29) is 18.0 Å². The molecule has 0 bridgehead atoms. The van der Waals surface area contributed by atoms with Crippen LogP contribution in [0.3, 0.4) is 0 Å². The Morgan fingerprint density at radius 1 is 1.06 bits per heavy atom. The van der Waals surface area contributed by atoms with Crippen LogP contribution in [0.4, 0.5) is 5.82 Å². The molecule has 0 aliphatic heterocycles. The van der Waals surface area contributed by atoms with Crippen LogP contribution in [0, 0.1) is 0 Å². The average Bonchev–Trinajstić information content (AvgIpc) is 3.21. The smallest absolute Gasteiger partial charge is 0.338 e. The highest BCUT2D eigenvalue weighted by molar-refractivity contribution is 7.17. The van der Waals surface area contributed by atoms with Crippen molar-refractivity contribution in [3.05, 3.63) is 76.8 Å². The summed E-state index contributed by atoms with van der Waals surface area (Å²) in [4.78, 5) is 15.4. The molecule has 2 aromatic carbocycles. The van der Waals surface area contributed by atoms with E-state index < -0.39 is 5.97 Å². The fourth-order valence-electron chi connectivity index (χ4n) is 3.13.